The Hall–Kier alpha value is -4.13. The molecule has 0 heterocycles. The lowest BCUT2D eigenvalue weighted by Gasteiger charge is -2.18. The summed E-state index contributed by atoms with van der Waals surface area (Å²) in [5, 5.41) is 25.6. The van der Waals surface area contributed by atoms with Gasteiger partial charge in [0.15, 0.2) is 0 Å². The number of hydrogen-bond donors (Lipinski definition) is 0. The van der Waals surface area contributed by atoms with Crippen LogP contribution >= 0.6 is 0 Å². The summed E-state index contributed by atoms with van der Waals surface area (Å²) < 4.78 is 83.7. The highest BCUT2D eigenvalue weighted by molar-refractivity contribution is 5.88. The number of alkyl halides is 6. The van der Waals surface area contributed by atoms with Gasteiger partial charge in [-0.15, -0.1) is 10.1 Å². The maximum absolute atomic E-state index is 13.2. The van der Waals surface area contributed by atoms with Gasteiger partial charge in [-0.1, -0.05) is 18.6 Å². The zero-order valence-electron chi connectivity index (χ0n) is 17.4. The molecule has 0 bridgehead atoms. The van der Waals surface area contributed by atoms with Crippen molar-refractivity contribution in [1.82, 2.24) is 0 Å². The first-order valence-electron chi connectivity index (χ1n) is 9.53. The third-order valence-electron chi connectivity index (χ3n) is 4.26. The minimum atomic E-state index is -4.84. The van der Waals surface area contributed by atoms with Crippen LogP contribution in [0.5, 0.6) is 0 Å². The van der Waals surface area contributed by atoms with E-state index >= 15 is 0 Å². The number of nitrogens with zero attached hydrogens (tertiary/aromatic N) is 5. The van der Waals surface area contributed by atoms with Gasteiger partial charge in [0.05, 0.1) is 34.5 Å². The van der Waals surface area contributed by atoms with Crippen molar-refractivity contribution in [1.29, 1.82) is 10.5 Å². The van der Waals surface area contributed by atoms with E-state index in [-0.39, 0.29) is 17.2 Å². The number of carbonyl (C=O) groups excluding carboxylic acids is 1. The number of unbranched alkanes of at least 4 members (excludes halogenated alkanes) is 1. The summed E-state index contributed by atoms with van der Waals surface area (Å²) in [5.74, 6) is 0. The normalized spacial score (nSPS) is 11.7. The lowest BCUT2D eigenvalue weighted by atomic mass is 10.1. The largest absolute Gasteiger partial charge is 0.448 e. The Labute approximate surface area is 189 Å². The molecule has 13 heteroatoms. The number of hydrogen-bond acceptors (Lipinski definition) is 6. The molecule has 0 aliphatic carbocycles. The van der Waals surface area contributed by atoms with Gasteiger partial charge in [-0.3, -0.25) is 0 Å². The summed E-state index contributed by atoms with van der Waals surface area (Å²) in [6, 6.07) is 7.02. The molecule has 2 rings (SSSR count). The number of carbonyl (C=O) groups is 1. The lowest BCUT2D eigenvalue weighted by Crippen LogP contribution is -2.27. The summed E-state index contributed by atoms with van der Waals surface area (Å²) in [6.45, 7) is 1.64. The van der Waals surface area contributed by atoms with Crippen LogP contribution in [0.25, 0.3) is 0 Å². The van der Waals surface area contributed by atoms with Crippen LogP contribution in [-0.4, -0.2) is 12.7 Å². The molecule has 1 amide bonds. The highest BCUT2D eigenvalue weighted by Gasteiger charge is 2.33. The molecule has 2 aromatic carbocycles. The van der Waals surface area contributed by atoms with E-state index in [4.69, 9.17) is 10.00 Å². The molecule has 2 aromatic rings. The van der Waals surface area contributed by atoms with Crippen molar-refractivity contribution in [2.45, 2.75) is 32.1 Å². The summed E-state index contributed by atoms with van der Waals surface area (Å²) >= 11 is 0. The van der Waals surface area contributed by atoms with Crippen molar-refractivity contribution < 1.29 is 35.9 Å². The minimum Gasteiger partial charge on any atom is -0.448 e. The summed E-state index contributed by atoms with van der Waals surface area (Å²) in [6.07, 6.45) is -9.94. The molecule has 0 saturated carbocycles. The number of amides is 1. The van der Waals surface area contributed by atoms with Gasteiger partial charge in [-0.2, -0.15) is 36.9 Å². The van der Waals surface area contributed by atoms with Gasteiger partial charge < -0.3 is 4.74 Å². The highest BCUT2D eigenvalue weighted by atomic mass is 19.4. The first-order valence-corrected chi connectivity index (χ1v) is 9.53. The molecule has 0 aliphatic rings. The number of ether oxygens (including phenoxy) is 1. The predicted molar refractivity (Wildman–Crippen MR) is 106 cm³/mol. The third-order valence-corrected chi connectivity index (χ3v) is 4.26. The predicted octanol–water partition coefficient (Wildman–Crippen LogP) is 6.91. The summed E-state index contributed by atoms with van der Waals surface area (Å²) in [4.78, 5) is 12.6. The number of halogens is 6. The van der Waals surface area contributed by atoms with Crippen LogP contribution in [0.15, 0.2) is 46.7 Å². The monoisotopic (exact) mass is 483 g/mol. The Kier molecular flexibility index (Phi) is 8.19. The van der Waals surface area contributed by atoms with E-state index < -0.39 is 46.5 Å². The highest BCUT2D eigenvalue weighted by Crippen LogP contribution is 2.35. The molecular formula is C21H15F6N5O2. The van der Waals surface area contributed by atoms with E-state index in [0.717, 1.165) is 12.1 Å². The minimum absolute atomic E-state index is 0.144. The molecule has 0 atom stereocenters. The molecule has 34 heavy (non-hydrogen) atoms. The average Bonchev–Trinajstić information content (AvgIpc) is 2.78. The molecule has 7 nitrogen and oxygen atoms in total. The number of rotatable bonds is 6. The van der Waals surface area contributed by atoms with Crippen LogP contribution < -0.4 is 5.01 Å². The van der Waals surface area contributed by atoms with Crippen LogP contribution in [0.2, 0.25) is 0 Å². The van der Waals surface area contributed by atoms with Crippen molar-refractivity contribution in [2.24, 2.45) is 10.3 Å². The smallest absolute Gasteiger partial charge is 0.436 e. The number of nitriles is 2. The Bertz CT molecular complexity index is 1160. The standard InChI is InChI=1S/C21H15F6N5O2/c1-2-3-8-34-19(33)32(18-10-16(21(25,26)27)7-5-14(18)12-29)31-30-17-9-15(20(22,23)24)6-4-13(17)11-28/h4-7,9-10H,2-3,8H2,1H3/b31-30+. The van der Waals surface area contributed by atoms with Crippen molar-refractivity contribution in [2.75, 3.05) is 11.6 Å². The Morgan fingerprint density at radius 1 is 0.971 bits per heavy atom. The Balaban J connectivity index is 2.63. The molecule has 0 saturated heterocycles. The maximum atomic E-state index is 13.2. The van der Waals surface area contributed by atoms with Crippen molar-refractivity contribution in [3.05, 3.63) is 58.7 Å². The van der Waals surface area contributed by atoms with E-state index in [9.17, 15) is 36.4 Å². The first-order chi connectivity index (χ1) is 15.9. The van der Waals surface area contributed by atoms with Gasteiger partial charge in [-0.05, 0) is 42.8 Å². The van der Waals surface area contributed by atoms with Gasteiger partial charge in [0.25, 0.3) is 0 Å². The third kappa shape index (κ3) is 6.45. The quantitative estimate of drug-likeness (QED) is 0.193. The zero-order chi connectivity index (χ0) is 25.5. The van der Waals surface area contributed by atoms with Crippen molar-refractivity contribution in [3.8, 4) is 12.1 Å². The molecule has 0 aliphatic heterocycles. The Morgan fingerprint density at radius 2 is 1.53 bits per heavy atom. The molecule has 0 unspecified atom stereocenters. The van der Waals surface area contributed by atoms with E-state index in [1.165, 1.54) is 0 Å². The van der Waals surface area contributed by atoms with Gasteiger partial charge in [0.2, 0.25) is 0 Å². The maximum Gasteiger partial charge on any atom is 0.436 e. The molecule has 0 aromatic heterocycles. The van der Waals surface area contributed by atoms with Crippen LogP contribution in [-0.2, 0) is 17.1 Å². The molecule has 0 radical (unpaired) electrons. The van der Waals surface area contributed by atoms with Crippen LogP contribution in [0.1, 0.15) is 42.0 Å². The first kappa shape index (κ1) is 26.1. The van der Waals surface area contributed by atoms with Gasteiger partial charge in [0, 0.05) is 0 Å². The molecule has 178 valence electrons. The second-order valence-electron chi connectivity index (χ2n) is 6.65. The number of benzene rings is 2. The number of anilines is 1. The molecule has 0 spiro atoms. The second kappa shape index (κ2) is 10.7. The van der Waals surface area contributed by atoms with Crippen molar-refractivity contribution in [3.63, 3.8) is 0 Å². The molecular weight excluding hydrogens is 468 g/mol. The fourth-order valence-electron chi connectivity index (χ4n) is 2.50. The van der Waals surface area contributed by atoms with Gasteiger partial charge >= 0.3 is 18.4 Å². The van der Waals surface area contributed by atoms with E-state index in [0.29, 0.717) is 37.1 Å². The van der Waals surface area contributed by atoms with Crippen LogP contribution in [0, 0.1) is 22.7 Å². The van der Waals surface area contributed by atoms with E-state index in [1.54, 1.807) is 19.1 Å². The van der Waals surface area contributed by atoms with E-state index in [1.807, 2.05) is 0 Å². The lowest BCUT2D eigenvalue weighted by molar-refractivity contribution is -0.138. The molecule has 0 fully saturated rings. The zero-order valence-corrected chi connectivity index (χ0v) is 17.4. The Morgan fingerprint density at radius 3 is 2.06 bits per heavy atom. The van der Waals surface area contributed by atoms with Gasteiger partial charge in [0.1, 0.15) is 17.8 Å². The van der Waals surface area contributed by atoms with Crippen molar-refractivity contribution >= 4 is 17.5 Å². The second-order valence-corrected chi connectivity index (χ2v) is 6.65. The topological polar surface area (TPSA) is 102 Å². The summed E-state index contributed by atoms with van der Waals surface area (Å²) in [5.41, 5.74) is -4.42. The average molecular weight is 483 g/mol. The SMILES string of the molecule is CCCCOC(=O)N(/N=N/c1cc(C(F)(F)F)ccc1C#N)c1cc(C(F)(F)F)ccc1C#N. The van der Waals surface area contributed by atoms with Gasteiger partial charge in [-0.25, -0.2) is 4.79 Å². The van der Waals surface area contributed by atoms with Crippen LogP contribution in [0.4, 0.5) is 42.5 Å². The summed E-state index contributed by atoms with van der Waals surface area (Å²) in [7, 11) is 0. The van der Waals surface area contributed by atoms with E-state index in [2.05, 4.69) is 10.3 Å². The fraction of sp³-hybridized carbons (Fsp3) is 0.286. The van der Waals surface area contributed by atoms with Crippen LogP contribution in [0.3, 0.4) is 0 Å². The fourth-order valence-corrected chi connectivity index (χ4v) is 2.50. The molecule has 0 N–H and O–H groups in total.